The Balaban J connectivity index is 1.52. The Morgan fingerprint density at radius 1 is 1.12 bits per heavy atom. The Hall–Kier alpha value is -3.50. The average Bonchev–Trinajstić information content (AvgIpc) is 3.46. The van der Waals surface area contributed by atoms with Gasteiger partial charge in [0.15, 0.2) is 11.0 Å². The van der Waals surface area contributed by atoms with E-state index in [-0.39, 0.29) is 5.56 Å². The van der Waals surface area contributed by atoms with Crippen molar-refractivity contribution in [2.45, 2.75) is 17.8 Å². The van der Waals surface area contributed by atoms with Crippen LogP contribution in [-0.4, -0.2) is 31.3 Å². The smallest absolute Gasteiger partial charge is 0.268 e. The number of aromatic nitrogens is 5. The summed E-state index contributed by atoms with van der Waals surface area (Å²) < 4.78 is 22.6. The third kappa shape index (κ3) is 4.27. The molecule has 2 aromatic carbocycles. The lowest BCUT2D eigenvalue weighted by molar-refractivity contribution is 0.340. The van der Waals surface area contributed by atoms with Crippen LogP contribution in [0.3, 0.4) is 0 Å². The molecule has 33 heavy (non-hydrogen) atoms. The molecule has 7 nitrogen and oxygen atoms in total. The molecule has 0 unspecified atom stereocenters. The number of para-hydroxylation sites is 1. The molecule has 3 heterocycles. The second-order valence-electron chi connectivity index (χ2n) is 6.99. The first-order valence-corrected chi connectivity index (χ1v) is 12.0. The Labute approximate surface area is 196 Å². The summed E-state index contributed by atoms with van der Waals surface area (Å²) in [6.07, 6.45) is 0. The summed E-state index contributed by atoms with van der Waals surface area (Å²) in [5, 5.41) is 11.0. The number of thiophene rings is 1. The lowest BCUT2D eigenvalue weighted by atomic mass is 10.2. The van der Waals surface area contributed by atoms with Crippen molar-refractivity contribution in [3.8, 4) is 22.8 Å². The van der Waals surface area contributed by atoms with E-state index in [0.717, 1.165) is 11.3 Å². The van der Waals surface area contributed by atoms with Gasteiger partial charge >= 0.3 is 0 Å². The quantitative estimate of drug-likeness (QED) is 0.328. The van der Waals surface area contributed by atoms with Crippen molar-refractivity contribution in [1.82, 2.24) is 24.7 Å². The highest BCUT2D eigenvalue weighted by molar-refractivity contribution is 7.98. The molecule has 3 aromatic heterocycles. The van der Waals surface area contributed by atoms with Crippen LogP contribution in [-0.2, 0) is 5.75 Å². The molecule has 0 atom stereocenters. The van der Waals surface area contributed by atoms with E-state index in [4.69, 9.17) is 4.74 Å². The minimum absolute atomic E-state index is 0.170. The number of halogens is 1. The van der Waals surface area contributed by atoms with Gasteiger partial charge in [-0.3, -0.25) is 9.36 Å². The topological polar surface area (TPSA) is 85.7 Å². The molecule has 0 radical (unpaired) electrons. The summed E-state index contributed by atoms with van der Waals surface area (Å²) in [5.41, 5.74) is 1.59. The fourth-order valence-corrected chi connectivity index (χ4v) is 4.93. The second kappa shape index (κ2) is 9.16. The van der Waals surface area contributed by atoms with E-state index < -0.39 is 5.82 Å². The summed E-state index contributed by atoms with van der Waals surface area (Å²) >= 11 is 2.67. The number of rotatable bonds is 7. The highest BCUT2D eigenvalue weighted by Gasteiger charge is 2.19. The Morgan fingerprint density at radius 3 is 2.73 bits per heavy atom. The van der Waals surface area contributed by atoms with Crippen LogP contribution in [0.4, 0.5) is 4.39 Å². The molecule has 0 saturated carbocycles. The van der Waals surface area contributed by atoms with Gasteiger partial charge < -0.3 is 9.72 Å². The maximum Gasteiger partial charge on any atom is 0.268 e. The van der Waals surface area contributed by atoms with Gasteiger partial charge in [-0.05, 0) is 54.8 Å². The van der Waals surface area contributed by atoms with Crippen LogP contribution in [0.25, 0.3) is 27.3 Å². The molecular weight excluding hydrogens is 461 g/mol. The average molecular weight is 480 g/mol. The van der Waals surface area contributed by atoms with E-state index in [1.54, 1.807) is 22.8 Å². The summed E-state index contributed by atoms with van der Waals surface area (Å²) in [4.78, 5) is 19.6. The predicted molar refractivity (Wildman–Crippen MR) is 128 cm³/mol. The lowest BCUT2D eigenvalue weighted by Gasteiger charge is -2.11. The molecule has 5 rings (SSSR count). The second-order valence-corrected chi connectivity index (χ2v) is 8.85. The van der Waals surface area contributed by atoms with Gasteiger partial charge in [0.25, 0.3) is 5.56 Å². The fraction of sp³-hybridized carbons (Fsp3) is 0.130. The number of nitrogens with one attached hydrogen (secondary N) is 1. The number of aromatic amines is 1. The van der Waals surface area contributed by atoms with E-state index in [1.165, 1.54) is 29.2 Å². The molecule has 166 valence electrons. The van der Waals surface area contributed by atoms with Crippen LogP contribution in [0.5, 0.6) is 5.75 Å². The molecular formula is C23H18FN5O2S2. The third-order valence-corrected chi connectivity index (χ3v) is 6.69. The zero-order valence-electron chi connectivity index (χ0n) is 17.5. The van der Waals surface area contributed by atoms with Crippen molar-refractivity contribution in [2.75, 3.05) is 6.61 Å². The largest absolute Gasteiger partial charge is 0.494 e. The van der Waals surface area contributed by atoms with Crippen molar-refractivity contribution >= 4 is 33.3 Å². The molecule has 0 saturated heterocycles. The van der Waals surface area contributed by atoms with Crippen LogP contribution in [0.2, 0.25) is 0 Å². The number of thioether (sulfide) groups is 1. The van der Waals surface area contributed by atoms with Gasteiger partial charge in [-0.1, -0.05) is 23.9 Å². The van der Waals surface area contributed by atoms with E-state index >= 15 is 0 Å². The first-order chi connectivity index (χ1) is 16.1. The molecule has 0 aliphatic carbocycles. The Morgan fingerprint density at radius 2 is 1.94 bits per heavy atom. The Bertz CT molecular complexity index is 1480. The maximum absolute atomic E-state index is 14.8. The molecule has 10 heteroatoms. The van der Waals surface area contributed by atoms with Gasteiger partial charge in [-0.25, -0.2) is 9.37 Å². The molecule has 0 aliphatic heterocycles. The normalized spacial score (nSPS) is 11.2. The van der Waals surface area contributed by atoms with Crippen LogP contribution >= 0.6 is 23.1 Å². The van der Waals surface area contributed by atoms with Crippen molar-refractivity contribution < 1.29 is 9.13 Å². The van der Waals surface area contributed by atoms with Crippen molar-refractivity contribution in [3.63, 3.8) is 0 Å². The number of nitrogens with zero attached hydrogens (tertiary/aromatic N) is 4. The van der Waals surface area contributed by atoms with Gasteiger partial charge in [-0.15, -0.1) is 21.5 Å². The van der Waals surface area contributed by atoms with Gasteiger partial charge in [-0.2, -0.15) is 0 Å². The summed E-state index contributed by atoms with van der Waals surface area (Å²) in [6.45, 7) is 2.49. The first-order valence-electron chi connectivity index (χ1n) is 10.2. The van der Waals surface area contributed by atoms with Crippen molar-refractivity contribution in [1.29, 1.82) is 0 Å². The van der Waals surface area contributed by atoms with E-state index in [9.17, 15) is 9.18 Å². The van der Waals surface area contributed by atoms with E-state index in [0.29, 0.717) is 45.1 Å². The minimum atomic E-state index is -0.391. The highest BCUT2D eigenvalue weighted by Crippen LogP contribution is 2.31. The first kappa shape index (κ1) is 21.4. The van der Waals surface area contributed by atoms with Gasteiger partial charge in [0.05, 0.1) is 23.6 Å². The highest BCUT2D eigenvalue weighted by atomic mass is 32.2. The molecule has 0 fully saturated rings. The standard InChI is InChI=1S/C23H18FN5O2S2/c1-2-31-15-9-7-14(8-10-15)21-27-28-23(29(21)18-6-4-3-5-16(18)24)33-13-19-25-17-11-12-32-20(17)22(30)26-19/h3-12H,2,13H2,1H3,(H,25,26,30). The molecule has 0 bridgehead atoms. The Kier molecular flexibility index (Phi) is 5.93. The molecule has 5 aromatic rings. The SMILES string of the molecule is CCOc1ccc(-c2nnc(SCc3nc4ccsc4c(=O)[nH]3)n2-c2ccccc2F)cc1. The molecule has 0 spiro atoms. The molecule has 0 amide bonds. The summed E-state index contributed by atoms with van der Waals surface area (Å²) in [5.74, 6) is 1.71. The van der Waals surface area contributed by atoms with Crippen molar-refractivity contribution in [3.05, 3.63) is 82.0 Å². The van der Waals surface area contributed by atoms with Crippen LogP contribution in [0.15, 0.2) is 69.9 Å². The summed E-state index contributed by atoms with van der Waals surface area (Å²) in [7, 11) is 0. The number of fused-ring (bicyclic) bond motifs is 1. The zero-order chi connectivity index (χ0) is 22.8. The van der Waals surface area contributed by atoms with E-state index in [2.05, 4.69) is 20.2 Å². The summed E-state index contributed by atoms with van der Waals surface area (Å²) in [6, 6.07) is 15.7. The predicted octanol–water partition coefficient (Wildman–Crippen LogP) is 5.06. The van der Waals surface area contributed by atoms with Gasteiger partial charge in [0, 0.05) is 5.56 Å². The monoisotopic (exact) mass is 479 g/mol. The number of hydrogen-bond acceptors (Lipinski definition) is 7. The van der Waals surface area contributed by atoms with Crippen molar-refractivity contribution in [2.24, 2.45) is 0 Å². The maximum atomic E-state index is 14.8. The van der Waals surface area contributed by atoms with Crippen LogP contribution in [0.1, 0.15) is 12.7 Å². The number of H-pyrrole nitrogens is 1. The number of hydrogen-bond donors (Lipinski definition) is 1. The van der Waals surface area contributed by atoms with E-state index in [1.807, 2.05) is 42.6 Å². The minimum Gasteiger partial charge on any atom is -0.494 e. The zero-order valence-corrected chi connectivity index (χ0v) is 19.1. The lowest BCUT2D eigenvalue weighted by Crippen LogP contribution is -2.09. The number of benzene rings is 2. The molecule has 1 N–H and O–H groups in total. The van der Waals surface area contributed by atoms with Gasteiger partial charge in [0.2, 0.25) is 0 Å². The number of ether oxygens (including phenoxy) is 1. The third-order valence-electron chi connectivity index (χ3n) is 4.85. The van der Waals surface area contributed by atoms with Crippen LogP contribution < -0.4 is 10.3 Å². The molecule has 0 aliphatic rings. The van der Waals surface area contributed by atoms with Gasteiger partial charge in [0.1, 0.15) is 22.1 Å². The fourth-order valence-electron chi connectivity index (χ4n) is 3.39. The van der Waals surface area contributed by atoms with Crippen LogP contribution in [0, 0.1) is 5.82 Å².